The number of carbonyl (C=O) groups excluding carboxylic acids is 2. The standard InChI is InChI=1S/C14H20N2O2S/c1-10(2)16-8-12(6-13(16)17)14(18)15(3)7-11-4-5-19-9-11/h4-5,9-10,12H,6-8H2,1-3H3/t12-/m0/s1. The minimum absolute atomic E-state index is 0.0719. The van der Waals surface area contributed by atoms with E-state index < -0.39 is 0 Å². The van der Waals surface area contributed by atoms with E-state index in [4.69, 9.17) is 0 Å². The molecule has 1 aromatic rings. The largest absolute Gasteiger partial charge is 0.341 e. The molecule has 2 amide bonds. The van der Waals surface area contributed by atoms with Gasteiger partial charge in [0.25, 0.3) is 0 Å². The van der Waals surface area contributed by atoms with Gasteiger partial charge in [-0.15, -0.1) is 0 Å². The zero-order valence-electron chi connectivity index (χ0n) is 11.6. The molecule has 1 aliphatic rings. The fraction of sp³-hybridized carbons (Fsp3) is 0.571. The van der Waals surface area contributed by atoms with Gasteiger partial charge in [0.05, 0.1) is 5.92 Å². The van der Waals surface area contributed by atoms with Crippen molar-refractivity contribution in [3.8, 4) is 0 Å². The summed E-state index contributed by atoms with van der Waals surface area (Å²) in [4.78, 5) is 27.7. The number of nitrogens with zero attached hydrogens (tertiary/aromatic N) is 2. The van der Waals surface area contributed by atoms with E-state index in [1.54, 1.807) is 21.1 Å². The Bertz CT molecular complexity index is 456. The molecule has 1 aromatic heterocycles. The first-order valence-electron chi connectivity index (χ1n) is 6.54. The zero-order valence-corrected chi connectivity index (χ0v) is 12.4. The molecule has 0 aliphatic carbocycles. The minimum Gasteiger partial charge on any atom is -0.341 e. The number of hydrogen-bond donors (Lipinski definition) is 0. The van der Waals surface area contributed by atoms with E-state index in [1.165, 1.54) is 0 Å². The van der Waals surface area contributed by atoms with Gasteiger partial charge in [0, 0.05) is 32.6 Å². The van der Waals surface area contributed by atoms with Gasteiger partial charge in [-0.2, -0.15) is 11.3 Å². The average Bonchev–Trinajstić information content (AvgIpc) is 2.97. The number of rotatable bonds is 4. The van der Waals surface area contributed by atoms with Crippen LogP contribution >= 0.6 is 11.3 Å². The first-order valence-corrected chi connectivity index (χ1v) is 7.49. The van der Waals surface area contributed by atoms with E-state index in [0.29, 0.717) is 19.5 Å². The third-order valence-corrected chi connectivity index (χ3v) is 4.24. The molecule has 1 aliphatic heterocycles. The first kappa shape index (κ1) is 14.1. The number of carbonyl (C=O) groups is 2. The summed E-state index contributed by atoms with van der Waals surface area (Å²) in [5.74, 6) is -0.0153. The third-order valence-electron chi connectivity index (χ3n) is 3.51. The van der Waals surface area contributed by atoms with Crippen molar-refractivity contribution in [3.05, 3.63) is 22.4 Å². The lowest BCUT2D eigenvalue weighted by Crippen LogP contribution is -2.36. The van der Waals surface area contributed by atoms with Gasteiger partial charge in [-0.05, 0) is 36.2 Å². The van der Waals surface area contributed by atoms with E-state index in [-0.39, 0.29) is 23.8 Å². The van der Waals surface area contributed by atoms with E-state index in [0.717, 1.165) is 5.56 Å². The van der Waals surface area contributed by atoms with E-state index in [9.17, 15) is 9.59 Å². The SMILES string of the molecule is CC(C)N1C[C@@H](C(=O)N(C)Cc2ccsc2)CC1=O. The molecular weight excluding hydrogens is 260 g/mol. The molecule has 0 unspecified atom stereocenters. The van der Waals surface area contributed by atoms with Gasteiger partial charge in [-0.3, -0.25) is 9.59 Å². The highest BCUT2D eigenvalue weighted by Crippen LogP contribution is 2.22. The summed E-state index contributed by atoms with van der Waals surface area (Å²) < 4.78 is 0. The van der Waals surface area contributed by atoms with Crippen molar-refractivity contribution < 1.29 is 9.59 Å². The Morgan fingerprint density at radius 1 is 1.58 bits per heavy atom. The lowest BCUT2D eigenvalue weighted by atomic mass is 10.1. The maximum atomic E-state index is 12.3. The molecule has 0 spiro atoms. The van der Waals surface area contributed by atoms with E-state index in [2.05, 4.69) is 0 Å². The van der Waals surface area contributed by atoms with Crippen molar-refractivity contribution in [2.24, 2.45) is 5.92 Å². The second-order valence-corrected chi connectivity index (χ2v) is 6.15. The van der Waals surface area contributed by atoms with Crippen LogP contribution in [0.5, 0.6) is 0 Å². The van der Waals surface area contributed by atoms with Crippen LogP contribution in [0.1, 0.15) is 25.8 Å². The number of thiophene rings is 1. The predicted molar refractivity (Wildman–Crippen MR) is 75.7 cm³/mol. The molecular formula is C14H20N2O2S. The summed E-state index contributed by atoms with van der Waals surface area (Å²) in [6.07, 6.45) is 0.352. The second kappa shape index (κ2) is 5.74. The van der Waals surface area contributed by atoms with Gasteiger partial charge in [0.2, 0.25) is 11.8 Å². The fourth-order valence-corrected chi connectivity index (χ4v) is 3.10. The van der Waals surface area contributed by atoms with Crippen LogP contribution in [-0.2, 0) is 16.1 Å². The summed E-state index contributed by atoms with van der Waals surface area (Å²) in [5.41, 5.74) is 1.14. The lowest BCUT2D eigenvalue weighted by molar-refractivity contribution is -0.135. The van der Waals surface area contributed by atoms with Gasteiger partial charge in [-0.1, -0.05) is 0 Å². The quantitative estimate of drug-likeness (QED) is 0.846. The monoisotopic (exact) mass is 280 g/mol. The Balaban J connectivity index is 1.95. The Morgan fingerprint density at radius 3 is 2.84 bits per heavy atom. The second-order valence-electron chi connectivity index (χ2n) is 5.37. The maximum absolute atomic E-state index is 12.3. The molecule has 1 saturated heterocycles. The molecule has 0 bridgehead atoms. The van der Waals surface area contributed by atoms with Crippen molar-refractivity contribution in [1.82, 2.24) is 9.80 Å². The van der Waals surface area contributed by atoms with Crippen LogP contribution in [0.15, 0.2) is 16.8 Å². The molecule has 5 heteroatoms. The van der Waals surface area contributed by atoms with Crippen molar-refractivity contribution in [2.75, 3.05) is 13.6 Å². The molecule has 4 nitrogen and oxygen atoms in total. The Labute approximate surface area is 118 Å². The van der Waals surface area contributed by atoms with Crippen LogP contribution in [0, 0.1) is 5.92 Å². The molecule has 19 heavy (non-hydrogen) atoms. The minimum atomic E-state index is -0.182. The molecule has 0 radical (unpaired) electrons. The topological polar surface area (TPSA) is 40.6 Å². The van der Waals surface area contributed by atoms with E-state index >= 15 is 0 Å². The third kappa shape index (κ3) is 3.15. The maximum Gasteiger partial charge on any atom is 0.228 e. The van der Waals surface area contributed by atoms with Crippen LogP contribution in [0.25, 0.3) is 0 Å². The summed E-state index contributed by atoms with van der Waals surface area (Å²) in [6.45, 7) is 5.15. The molecule has 104 valence electrons. The molecule has 2 heterocycles. The van der Waals surface area contributed by atoms with Crippen LogP contribution in [-0.4, -0.2) is 41.2 Å². The molecule has 0 saturated carbocycles. The van der Waals surface area contributed by atoms with Crippen LogP contribution in [0.3, 0.4) is 0 Å². The summed E-state index contributed by atoms with van der Waals surface area (Å²) in [5, 5.41) is 4.05. The van der Waals surface area contributed by atoms with Crippen molar-refractivity contribution in [3.63, 3.8) is 0 Å². The fourth-order valence-electron chi connectivity index (χ4n) is 2.44. The lowest BCUT2D eigenvalue weighted by Gasteiger charge is -2.23. The van der Waals surface area contributed by atoms with Gasteiger partial charge in [0.1, 0.15) is 0 Å². The average molecular weight is 280 g/mol. The highest BCUT2D eigenvalue weighted by molar-refractivity contribution is 7.07. The number of amides is 2. The molecule has 2 rings (SSSR count). The molecule has 1 fully saturated rings. The summed E-state index contributed by atoms with van der Waals surface area (Å²) in [7, 11) is 1.81. The predicted octanol–water partition coefficient (Wildman–Crippen LogP) is 1.96. The van der Waals surface area contributed by atoms with Crippen LogP contribution < -0.4 is 0 Å². The van der Waals surface area contributed by atoms with Gasteiger partial charge < -0.3 is 9.80 Å². The Kier molecular flexibility index (Phi) is 4.24. The highest BCUT2D eigenvalue weighted by atomic mass is 32.1. The highest BCUT2D eigenvalue weighted by Gasteiger charge is 2.36. The Hall–Kier alpha value is -1.36. The van der Waals surface area contributed by atoms with E-state index in [1.807, 2.05) is 37.7 Å². The van der Waals surface area contributed by atoms with Crippen LogP contribution in [0.2, 0.25) is 0 Å². The summed E-state index contributed by atoms with van der Waals surface area (Å²) in [6, 6.07) is 2.20. The molecule has 0 N–H and O–H groups in total. The van der Waals surface area contributed by atoms with Gasteiger partial charge >= 0.3 is 0 Å². The van der Waals surface area contributed by atoms with Crippen molar-refractivity contribution in [2.45, 2.75) is 32.9 Å². The first-order chi connectivity index (χ1) is 8.99. The van der Waals surface area contributed by atoms with Crippen molar-refractivity contribution in [1.29, 1.82) is 0 Å². The van der Waals surface area contributed by atoms with Gasteiger partial charge in [-0.25, -0.2) is 0 Å². The zero-order chi connectivity index (χ0) is 14.0. The van der Waals surface area contributed by atoms with Crippen molar-refractivity contribution >= 4 is 23.2 Å². The Morgan fingerprint density at radius 2 is 2.32 bits per heavy atom. The normalized spacial score (nSPS) is 19.3. The van der Waals surface area contributed by atoms with Gasteiger partial charge in [0.15, 0.2) is 0 Å². The number of hydrogen-bond acceptors (Lipinski definition) is 3. The molecule has 1 atom stereocenters. The smallest absolute Gasteiger partial charge is 0.228 e. The summed E-state index contributed by atoms with van der Waals surface area (Å²) >= 11 is 1.63. The molecule has 0 aromatic carbocycles. The number of likely N-dealkylation sites (tertiary alicyclic amines) is 1. The van der Waals surface area contributed by atoms with Crippen LogP contribution in [0.4, 0.5) is 0 Å².